The minimum Gasteiger partial charge on any atom is -0.485 e. The first kappa shape index (κ1) is 12.8. The largest absolute Gasteiger partial charge is 0.485 e. The molecule has 0 heterocycles. The maximum atomic E-state index is 13.7. The molecule has 2 rings (SSSR count). The highest BCUT2D eigenvalue weighted by Gasteiger charge is 2.11. The van der Waals surface area contributed by atoms with E-state index < -0.39 is 5.82 Å². The van der Waals surface area contributed by atoms with Gasteiger partial charge < -0.3 is 4.74 Å². The van der Waals surface area contributed by atoms with Gasteiger partial charge in [-0.25, -0.2) is 4.39 Å². The summed E-state index contributed by atoms with van der Waals surface area (Å²) in [6.07, 6.45) is 0.578. The van der Waals surface area contributed by atoms with E-state index in [9.17, 15) is 9.18 Å². The Hall–Kier alpha value is -1.68. The molecule has 0 aliphatic carbocycles. The van der Waals surface area contributed by atoms with E-state index in [4.69, 9.17) is 4.74 Å². The van der Waals surface area contributed by atoms with E-state index in [-0.39, 0.29) is 17.9 Å². The van der Waals surface area contributed by atoms with E-state index in [1.54, 1.807) is 0 Å². The van der Waals surface area contributed by atoms with Crippen LogP contribution in [0.3, 0.4) is 0 Å². The molecule has 0 saturated heterocycles. The van der Waals surface area contributed by atoms with Crippen molar-refractivity contribution in [3.63, 3.8) is 0 Å². The van der Waals surface area contributed by atoms with E-state index in [2.05, 4.69) is 15.9 Å². The molecule has 2 aromatic carbocycles. The first-order valence-electron chi connectivity index (χ1n) is 5.31. The molecule has 0 N–H and O–H groups in total. The zero-order valence-corrected chi connectivity index (χ0v) is 11.0. The van der Waals surface area contributed by atoms with E-state index >= 15 is 0 Å². The van der Waals surface area contributed by atoms with E-state index in [0.29, 0.717) is 10.8 Å². The summed E-state index contributed by atoms with van der Waals surface area (Å²) in [5.41, 5.74) is 1.11. The Balaban J connectivity index is 2.21. The van der Waals surface area contributed by atoms with E-state index in [0.717, 1.165) is 5.56 Å². The van der Waals surface area contributed by atoms with Crippen molar-refractivity contribution in [1.82, 2.24) is 0 Å². The van der Waals surface area contributed by atoms with Crippen molar-refractivity contribution in [3.8, 4) is 5.75 Å². The SMILES string of the molecule is O=Cc1cc(Br)cc(F)c1OCc1ccccc1. The van der Waals surface area contributed by atoms with Crippen LogP contribution in [0.2, 0.25) is 0 Å². The maximum Gasteiger partial charge on any atom is 0.166 e. The van der Waals surface area contributed by atoms with Crippen LogP contribution in [0, 0.1) is 5.82 Å². The van der Waals surface area contributed by atoms with Crippen LogP contribution in [0.4, 0.5) is 4.39 Å². The molecule has 0 atom stereocenters. The Labute approximate surface area is 113 Å². The van der Waals surface area contributed by atoms with Crippen LogP contribution in [0.5, 0.6) is 5.75 Å². The molecule has 0 amide bonds. The van der Waals surface area contributed by atoms with Crippen LogP contribution >= 0.6 is 15.9 Å². The summed E-state index contributed by atoms with van der Waals surface area (Å²) in [4.78, 5) is 10.9. The first-order chi connectivity index (χ1) is 8.70. The third-order valence-corrected chi connectivity index (χ3v) is 2.85. The number of ether oxygens (including phenoxy) is 1. The summed E-state index contributed by atoms with van der Waals surface area (Å²) in [7, 11) is 0. The fourth-order valence-electron chi connectivity index (χ4n) is 1.55. The van der Waals surface area contributed by atoms with Crippen molar-refractivity contribution in [3.05, 3.63) is 63.9 Å². The lowest BCUT2D eigenvalue weighted by molar-refractivity contribution is 0.111. The second-order valence-corrected chi connectivity index (χ2v) is 4.61. The lowest BCUT2D eigenvalue weighted by Gasteiger charge is -2.10. The monoisotopic (exact) mass is 308 g/mol. The molecule has 0 radical (unpaired) electrons. The molecular formula is C14H10BrFO2. The smallest absolute Gasteiger partial charge is 0.166 e. The molecule has 0 bridgehead atoms. The van der Waals surface area contributed by atoms with Gasteiger partial charge >= 0.3 is 0 Å². The quantitative estimate of drug-likeness (QED) is 0.799. The van der Waals surface area contributed by atoms with Crippen LogP contribution in [0.25, 0.3) is 0 Å². The molecule has 0 fully saturated rings. The van der Waals surface area contributed by atoms with Crippen molar-refractivity contribution in [1.29, 1.82) is 0 Å². The van der Waals surface area contributed by atoms with E-state index in [1.165, 1.54) is 12.1 Å². The highest BCUT2D eigenvalue weighted by molar-refractivity contribution is 9.10. The number of hydrogen-bond acceptors (Lipinski definition) is 2. The Bertz CT molecular complexity index is 555. The minimum absolute atomic E-state index is 0.0166. The molecule has 92 valence electrons. The van der Waals surface area contributed by atoms with Crippen LogP contribution in [0.15, 0.2) is 46.9 Å². The fourth-order valence-corrected chi connectivity index (χ4v) is 2.00. The first-order valence-corrected chi connectivity index (χ1v) is 6.11. The topological polar surface area (TPSA) is 26.3 Å². The molecule has 0 unspecified atom stereocenters. The standard InChI is InChI=1S/C14H10BrFO2/c15-12-6-11(8-17)14(13(16)7-12)18-9-10-4-2-1-3-5-10/h1-8H,9H2. The Morgan fingerprint density at radius 3 is 2.61 bits per heavy atom. The van der Waals surface area contributed by atoms with Crippen molar-refractivity contribution >= 4 is 22.2 Å². The Morgan fingerprint density at radius 1 is 1.22 bits per heavy atom. The second kappa shape index (κ2) is 5.78. The fraction of sp³-hybridized carbons (Fsp3) is 0.0714. The van der Waals surface area contributed by atoms with Gasteiger partial charge in [0.15, 0.2) is 17.9 Å². The number of carbonyl (C=O) groups excluding carboxylic acids is 1. The van der Waals surface area contributed by atoms with Crippen LogP contribution in [-0.4, -0.2) is 6.29 Å². The van der Waals surface area contributed by atoms with Crippen molar-refractivity contribution < 1.29 is 13.9 Å². The van der Waals surface area contributed by atoms with Gasteiger partial charge in [-0.2, -0.15) is 0 Å². The number of benzene rings is 2. The molecule has 0 aliphatic heterocycles. The summed E-state index contributed by atoms with van der Waals surface area (Å²) >= 11 is 3.13. The molecule has 0 saturated carbocycles. The van der Waals surface area contributed by atoms with Gasteiger partial charge in [0.25, 0.3) is 0 Å². The van der Waals surface area contributed by atoms with Gasteiger partial charge in [-0.05, 0) is 17.7 Å². The molecule has 2 nitrogen and oxygen atoms in total. The van der Waals surface area contributed by atoms with E-state index in [1.807, 2.05) is 30.3 Å². The summed E-state index contributed by atoms with van der Waals surface area (Å²) in [5.74, 6) is -0.570. The number of hydrogen-bond donors (Lipinski definition) is 0. The van der Waals surface area contributed by atoms with Crippen molar-refractivity contribution in [2.45, 2.75) is 6.61 Å². The van der Waals surface area contributed by atoms with Gasteiger partial charge in [0, 0.05) is 4.47 Å². The van der Waals surface area contributed by atoms with Gasteiger partial charge in [0.2, 0.25) is 0 Å². The number of aldehydes is 1. The Kier molecular flexibility index (Phi) is 4.10. The maximum absolute atomic E-state index is 13.7. The number of carbonyl (C=O) groups is 1. The average Bonchev–Trinajstić information content (AvgIpc) is 2.38. The lowest BCUT2D eigenvalue weighted by atomic mass is 10.2. The second-order valence-electron chi connectivity index (χ2n) is 3.70. The molecule has 0 spiro atoms. The van der Waals surface area contributed by atoms with Crippen LogP contribution in [0.1, 0.15) is 15.9 Å². The lowest BCUT2D eigenvalue weighted by Crippen LogP contribution is -2.00. The van der Waals surface area contributed by atoms with Gasteiger partial charge in [-0.3, -0.25) is 4.79 Å². The molecule has 0 aromatic heterocycles. The number of rotatable bonds is 4. The molecule has 18 heavy (non-hydrogen) atoms. The summed E-state index contributed by atoms with van der Waals surface area (Å²) in [6, 6.07) is 12.2. The molecular weight excluding hydrogens is 299 g/mol. The zero-order valence-electron chi connectivity index (χ0n) is 9.40. The predicted octanol–water partition coefficient (Wildman–Crippen LogP) is 3.98. The normalized spacial score (nSPS) is 10.1. The predicted molar refractivity (Wildman–Crippen MR) is 70.3 cm³/mol. The molecule has 0 aliphatic rings. The van der Waals surface area contributed by atoms with Gasteiger partial charge in [-0.1, -0.05) is 46.3 Å². The highest BCUT2D eigenvalue weighted by atomic mass is 79.9. The summed E-state index contributed by atoms with van der Waals surface area (Å²) in [6.45, 7) is 0.222. The van der Waals surface area contributed by atoms with Crippen LogP contribution < -0.4 is 4.74 Å². The highest BCUT2D eigenvalue weighted by Crippen LogP contribution is 2.26. The zero-order chi connectivity index (χ0) is 13.0. The molecule has 4 heteroatoms. The van der Waals surface area contributed by atoms with Crippen molar-refractivity contribution in [2.24, 2.45) is 0 Å². The Morgan fingerprint density at radius 2 is 1.94 bits per heavy atom. The van der Waals surface area contributed by atoms with Gasteiger partial charge in [0.1, 0.15) is 6.61 Å². The molecule has 2 aromatic rings. The van der Waals surface area contributed by atoms with Gasteiger partial charge in [0.05, 0.1) is 5.56 Å². The van der Waals surface area contributed by atoms with Crippen molar-refractivity contribution in [2.75, 3.05) is 0 Å². The summed E-state index contributed by atoms with van der Waals surface area (Å²) in [5, 5.41) is 0. The number of halogens is 2. The minimum atomic E-state index is -0.553. The third kappa shape index (κ3) is 2.96. The average molecular weight is 309 g/mol. The summed E-state index contributed by atoms with van der Waals surface area (Å²) < 4.78 is 19.6. The third-order valence-electron chi connectivity index (χ3n) is 2.39. The van der Waals surface area contributed by atoms with Crippen LogP contribution in [-0.2, 0) is 6.61 Å². The van der Waals surface area contributed by atoms with Gasteiger partial charge in [-0.15, -0.1) is 0 Å².